The van der Waals surface area contributed by atoms with E-state index in [1.54, 1.807) is 0 Å². The Hall–Kier alpha value is -2.96. The Kier molecular flexibility index (Phi) is 4.44. The highest BCUT2D eigenvalue weighted by molar-refractivity contribution is 5.80. The van der Waals surface area contributed by atoms with Crippen LogP contribution in [0.5, 0.6) is 0 Å². The summed E-state index contributed by atoms with van der Waals surface area (Å²) in [6.07, 6.45) is 10.2. The predicted molar refractivity (Wildman–Crippen MR) is 119 cm³/mol. The number of hydrogen-bond acceptors (Lipinski definition) is 5. The Morgan fingerprint density at radius 1 is 1.00 bits per heavy atom. The number of aromatic nitrogens is 4. The third kappa shape index (κ3) is 3.27. The number of rotatable bonds is 4. The monoisotopic (exact) mass is 416 g/mol. The number of carbonyl (C=O) groups is 1. The van der Waals surface area contributed by atoms with Crippen LogP contribution in [-0.2, 0) is 10.2 Å². The molecule has 1 atom stereocenters. The largest absolute Gasteiger partial charge is 0.356 e. The second-order valence-electron chi connectivity index (χ2n) is 9.26. The molecule has 7 heteroatoms. The van der Waals surface area contributed by atoms with Crippen molar-refractivity contribution in [3.63, 3.8) is 0 Å². The molecule has 3 aliphatic rings. The van der Waals surface area contributed by atoms with Crippen LogP contribution in [0.15, 0.2) is 36.7 Å². The molecule has 6 rings (SSSR count). The summed E-state index contributed by atoms with van der Waals surface area (Å²) in [5.74, 6) is 2.36. The number of pyridine rings is 2. The number of anilines is 1. The summed E-state index contributed by atoms with van der Waals surface area (Å²) in [6.45, 7) is 3.56. The number of nitrogens with zero attached hydrogens (tertiary/aromatic N) is 5. The van der Waals surface area contributed by atoms with E-state index in [4.69, 9.17) is 9.97 Å². The molecule has 0 aromatic carbocycles. The Labute approximate surface area is 181 Å². The van der Waals surface area contributed by atoms with Crippen LogP contribution in [0, 0.1) is 5.92 Å². The summed E-state index contributed by atoms with van der Waals surface area (Å²) >= 11 is 0. The van der Waals surface area contributed by atoms with E-state index in [0.717, 1.165) is 87.5 Å². The highest BCUT2D eigenvalue weighted by Crippen LogP contribution is 2.52. The Morgan fingerprint density at radius 2 is 1.81 bits per heavy atom. The number of nitrogens with one attached hydrogen (secondary N) is 1. The first-order valence-electron chi connectivity index (χ1n) is 11.5. The number of imidazole rings is 1. The first-order chi connectivity index (χ1) is 15.2. The van der Waals surface area contributed by atoms with Gasteiger partial charge in [-0.1, -0.05) is 0 Å². The van der Waals surface area contributed by atoms with Crippen LogP contribution < -0.4 is 4.90 Å². The van der Waals surface area contributed by atoms with Crippen molar-refractivity contribution in [2.24, 2.45) is 5.92 Å². The molecule has 1 N–H and O–H groups in total. The van der Waals surface area contributed by atoms with Crippen LogP contribution in [0.3, 0.4) is 0 Å². The third-order valence-electron chi connectivity index (χ3n) is 7.28. The molecule has 1 aliphatic carbocycles. The van der Waals surface area contributed by atoms with E-state index in [-0.39, 0.29) is 11.3 Å². The average Bonchev–Trinajstić information content (AvgIpc) is 3.24. The van der Waals surface area contributed by atoms with Gasteiger partial charge in [-0.05, 0) is 68.4 Å². The quantitative estimate of drug-likeness (QED) is 0.706. The summed E-state index contributed by atoms with van der Waals surface area (Å²) < 4.78 is 0. The molecule has 2 aliphatic heterocycles. The van der Waals surface area contributed by atoms with E-state index in [2.05, 4.69) is 44.0 Å². The Balaban J connectivity index is 1.25. The number of fused-ring (bicyclic) bond motifs is 1. The maximum absolute atomic E-state index is 12.9. The molecule has 160 valence electrons. The van der Waals surface area contributed by atoms with Crippen molar-refractivity contribution in [1.82, 2.24) is 24.8 Å². The zero-order valence-electron chi connectivity index (χ0n) is 17.8. The number of aromatic amines is 1. The molecule has 31 heavy (non-hydrogen) atoms. The van der Waals surface area contributed by atoms with E-state index in [1.807, 2.05) is 12.4 Å². The summed E-state index contributed by atoms with van der Waals surface area (Å²) in [6, 6.07) is 8.29. The Morgan fingerprint density at radius 3 is 2.58 bits per heavy atom. The van der Waals surface area contributed by atoms with Gasteiger partial charge in [0.25, 0.3) is 0 Å². The maximum atomic E-state index is 12.9. The molecular weight excluding hydrogens is 388 g/mol. The molecular formula is C24H28N6O. The molecule has 5 heterocycles. The topological polar surface area (TPSA) is 78.0 Å². The molecule has 2 saturated heterocycles. The second-order valence-corrected chi connectivity index (χ2v) is 9.26. The fraction of sp³-hybridized carbons (Fsp3) is 0.500. The minimum absolute atomic E-state index is 0.0256. The standard InChI is InChI=1S/C24H28N6O/c31-22(29-13-1-2-14-29)17-4-3-15-30(16-17)20-6-5-19-21(27-20)28-23(26-19)24(9-10-24)18-7-11-25-12-8-18/h5-8,11-12,17H,1-4,9-10,13-16H2,(H,26,27,28). The van der Waals surface area contributed by atoms with Crippen molar-refractivity contribution in [2.45, 2.75) is 43.9 Å². The lowest BCUT2D eigenvalue weighted by Gasteiger charge is -2.34. The fourth-order valence-corrected chi connectivity index (χ4v) is 5.33. The molecule has 3 aromatic rings. The van der Waals surface area contributed by atoms with E-state index in [1.165, 1.54) is 5.56 Å². The van der Waals surface area contributed by atoms with Crippen LogP contribution in [0.25, 0.3) is 11.2 Å². The fourth-order valence-electron chi connectivity index (χ4n) is 5.33. The molecule has 1 saturated carbocycles. The molecule has 3 aromatic heterocycles. The number of hydrogen-bond donors (Lipinski definition) is 1. The lowest BCUT2D eigenvalue weighted by molar-refractivity contribution is -0.134. The van der Waals surface area contributed by atoms with Crippen LogP contribution in [0.1, 0.15) is 49.9 Å². The first kappa shape index (κ1) is 18.8. The van der Waals surface area contributed by atoms with Crippen molar-refractivity contribution >= 4 is 22.9 Å². The van der Waals surface area contributed by atoms with Gasteiger partial charge in [0.1, 0.15) is 17.2 Å². The van der Waals surface area contributed by atoms with Gasteiger partial charge >= 0.3 is 0 Å². The van der Waals surface area contributed by atoms with Crippen molar-refractivity contribution in [3.8, 4) is 0 Å². The summed E-state index contributed by atoms with van der Waals surface area (Å²) in [7, 11) is 0. The van der Waals surface area contributed by atoms with Gasteiger partial charge < -0.3 is 14.8 Å². The predicted octanol–water partition coefficient (Wildman–Crippen LogP) is 3.27. The van der Waals surface area contributed by atoms with Crippen LogP contribution in [-0.4, -0.2) is 56.9 Å². The highest BCUT2D eigenvalue weighted by atomic mass is 16.2. The second kappa shape index (κ2) is 7.32. The molecule has 7 nitrogen and oxygen atoms in total. The van der Waals surface area contributed by atoms with Crippen molar-refractivity contribution in [2.75, 3.05) is 31.1 Å². The molecule has 1 unspecified atom stereocenters. The number of H-pyrrole nitrogens is 1. The molecule has 0 bridgehead atoms. The van der Waals surface area contributed by atoms with E-state index in [0.29, 0.717) is 5.91 Å². The Bertz CT molecular complexity index is 1100. The maximum Gasteiger partial charge on any atom is 0.227 e. The smallest absolute Gasteiger partial charge is 0.227 e. The van der Waals surface area contributed by atoms with Crippen LogP contribution in [0.2, 0.25) is 0 Å². The van der Waals surface area contributed by atoms with Crippen LogP contribution in [0.4, 0.5) is 5.82 Å². The van der Waals surface area contributed by atoms with Gasteiger partial charge in [0, 0.05) is 38.6 Å². The SMILES string of the molecule is O=C(C1CCCN(c2ccc3nc(C4(c5ccncc5)CC4)[nH]c3n2)C1)N1CCCC1. The summed E-state index contributed by atoms with van der Waals surface area (Å²) in [4.78, 5) is 34.7. The first-order valence-corrected chi connectivity index (χ1v) is 11.5. The van der Waals surface area contributed by atoms with Gasteiger partial charge in [-0.25, -0.2) is 9.97 Å². The number of piperidine rings is 1. The van der Waals surface area contributed by atoms with Crippen molar-refractivity contribution < 1.29 is 4.79 Å². The lowest BCUT2D eigenvalue weighted by atomic mass is 9.96. The third-order valence-corrected chi connectivity index (χ3v) is 7.28. The summed E-state index contributed by atoms with van der Waals surface area (Å²) in [5.41, 5.74) is 2.98. The van der Waals surface area contributed by atoms with Crippen molar-refractivity contribution in [1.29, 1.82) is 0 Å². The van der Waals surface area contributed by atoms with Crippen LogP contribution >= 0.6 is 0 Å². The van der Waals surface area contributed by atoms with E-state index < -0.39 is 0 Å². The molecule has 0 radical (unpaired) electrons. The normalized spacial score (nSPS) is 22.8. The minimum Gasteiger partial charge on any atom is -0.356 e. The van der Waals surface area contributed by atoms with Gasteiger partial charge in [0.15, 0.2) is 5.65 Å². The number of carbonyl (C=O) groups excluding carboxylic acids is 1. The molecule has 0 spiro atoms. The minimum atomic E-state index is -0.0256. The van der Waals surface area contributed by atoms with Gasteiger partial charge in [-0.15, -0.1) is 0 Å². The van der Waals surface area contributed by atoms with E-state index in [9.17, 15) is 4.79 Å². The molecule has 1 amide bonds. The summed E-state index contributed by atoms with van der Waals surface area (Å²) in [5, 5.41) is 0. The van der Waals surface area contributed by atoms with Gasteiger partial charge in [0.2, 0.25) is 5.91 Å². The van der Waals surface area contributed by atoms with Gasteiger partial charge in [-0.3, -0.25) is 9.78 Å². The average molecular weight is 417 g/mol. The van der Waals surface area contributed by atoms with E-state index >= 15 is 0 Å². The molecule has 3 fully saturated rings. The zero-order chi connectivity index (χ0) is 20.8. The van der Waals surface area contributed by atoms with Gasteiger partial charge in [-0.2, -0.15) is 0 Å². The zero-order valence-corrected chi connectivity index (χ0v) is 17.8. The number of likely N-dealkylation sites (tertiary alicyclic amines) is 1. The van der Waals surface area contributed by atoms with Gasteiger partial charge in [0.05, 0.1) is 11.3 Å². The van der Waals surface area contributed by atoms with Crippen molar-refractivity contribution in [3.05, 3.63) is 48.0 Å². The lowest BCUT2D eigenvalue weighted by Crippen LogP contribution is -2.44. The number of amides is 1. The highest BCUT2D eigenvalue weighted by Gasteiger charge is 2.48.